The molecule has 4 heterocycles. The number of rotatable bonds is 2. The normalized spacial score (nSPS) is 20.4. The molecule has 8 nitrogen and oxygen atoms in total. The minimum absolute atomic E-state index is 0.260. The van der Waals surface area contributed by atoms with Gasteiger partial charge in [0.25, 0.3) is 0 Å². The molecule has 1 aliphatic carbocycles. The van der Waals surface area contributed by atoms with Gasteiger partial charge in [-0.15, -0.1) is 11.3 Å². The second kappa shape index (κ2) is 10.3. The molecule has 2 aromatic carbocycles. The second-order valence-corrected chi connectivity index (χ2v) is 10.7. The SMILES string of the molecule is COC(=O)c1ccc2cc1OCCCCCc1csc(n1)NC1=C[C@]3(C1)NCCc1cc(OC)c(cc13)O2. The van der Waals surface area contributed by atoms with E-state index in [1.165, 1.54) is 23.9 Å². The number of carbonyl (C=O) groups is 1. The van der Waals surface area contributed by atoms with E-state index in [1.807, 2.05) is 0 Å². The fourth-order valence-corrected chi connectivity index (χ4v) is 6.17. The summed E-state index contributed by atoms with van der Waals surface area (Å²) in [6.45, 7) is 1.37. The van der Waals surface area contributed by atoms with Crippen LogP contribution in [0.3, 0.4) is 0 Å². The highest BCUT2D eigenvalue weighted by Crippen LogP contribution is 2.47. The van der Waals surface area contributed by atoms with Crippen molar-refractivity contribution < 1.29 is 23.7 Å². The number of ether oxygens (including phenoxy) is 4. The maximum absolute atomic E-state index is 12.4. The minimum atomic E-state index is -0.444. The lowest BCUT2D eigenvalue weighted by molar-refractivity contribution is 0.0596. The molecule has 0 unspecified atom stereocenters. The molecule has 0 radical (unpaired) electrons. The van der Waals surface area contributed by atoms with Gasteiger partial charge in [-0.25, -0.2) is 9.78 Å². The molecule has 3 aromatic rings. The molecule has 198 valence electrons. The Morgan fingerprint density at radius 2 is 2.00 bits per heavy atom. The molecule has 0 amide bonds. The van der Waals surface area contributed by atoms with E-state index < -0.39 is 5.97 Å². The molecule has 0 fully saturated rings. The molecule has 0 saturated heterocycles. The lowest BCUT2D eigenvalue weighted by Crippen LogP contribution is -2.51. The first-order valence-electron chi connectivity index (χ1n) is 13.0. The predicted molar refractivity (Wildman–Crippen MR) is 146 cm³/mol. The van der Waals surface area contributed by atoms with Crippen molar-refractivity contribution in [2.75, 3.05) is 32.7 Å². The van der Waals surface area contributed by atoms with Crippen molar-refractivity contribution in [1.29, 1.82) is 0 Å². The van der Waals surface area contributed by atoms with Crippen molar-refractivity contribution in [3.63, 3.8) is 0 Å². The van der Waals surface area contributed by atoms with E-state index >= 15 is 0 Å². The second-order valence-electron chi connectivity index (χ2n) is 9.83. The number of nitrogens with one attached hydrogen (secondary N) is 2. The highest BCUT2D eigenvalue weighted by Gasteiger charge is 2.42. The molecule has 1 aromatic heterocycles. The zero-order chi connectivity index (χ0) is 26.1. The van der Waals surface area contributed by atoms with Crippen molar-refractivity contribution in [1.82, 2.24) is 10.3 Å². The Balaban J connectivity index is 1.39. The molecule has 7 rings (SSSR count). The molecule has 1 spiro atoms. The summed E-state index contributed by atoms with van der Waals surface area (Å²) >= 11 is 1.65. The molecule has 8 bridgehead atoms. The number of aromatic nitrogens is 1. The van der Waals surface area contributed by atoms with Crippen molar-refractivity contribution in [3.05, 3.63) is 69.9 Å². The number of aryl methyl sites for hydroxylation is 1. The Morgan fingerprint density at radius 3 is 2.84 bits per heavy atom. The van der Waals surface area contributed by atoms with E-state index in [0.29, 0.717) is 35.2 Å². The largest absolute Gasteiger partial charge is 0.493 e. The summed E-state index contributed by atoms with van der Waals surface area (Å²) in [5.74, 6) is 1.84. The molecule has 4 aliphatic rings. The summed E-state index contributed by atoms with van der Waals surface area (Å²) < 4.78 is 23.1. The van der Waals surface area contributed by atoms with E-state index in [0.717, 1.165) is 55.9 Å². The van der Waals surface area contributed by atoms with Crippen molar-refractivity contribution >= 4 is 22.4 Å². The Labute approximate surface area is 226 Å². The number of hydrogen-bond donors (Lipinski definition) is 2. The monoisotopic (exact) mass is 533 g/mol. The van der Waals surface area contributed by atoms with Gasteiger partial charge in [-0.3, -0.25) is 0 Å². The third-order valence-corrected chi connectivity index (χ3v) is 8.14. The van der Waals surface area contributed by atoms with Crippen LogP contribution in [0.25, 0.3) is 0 Å². The van der Waals surface area contributed by atoms with Gasteiger partial charge < -0.3 is 29.6 Å². The molecular weight excluding hydrogens is 502 g/mol. The molecule has 2 N–H and O–H groups in total. The van der Waals surface area contributed by atoms with Crippen LogP contribution in [-0.4, -0.2) is 38.3 Å². The lowest BCUT2D eigenvalue weighted by atomic mass is 9.72. The number of fused-ring (bicyclic) bond motifs is 5. The summed E-state index contributed by atoms with van der Waals surface area (Å²) in [5, 5.41) is 10.3. The van der Waals surface area contributed by atoms with Crippen molar-refractivity contribution in [3.8, 4) is 23.0 Å². The van der Waals surface area contributed by atoms with Gasteiger partial charge in [0.15, 0.2) is 16.6 Å². The zero-order valence-corrected chi connectivity index (χ0v) is 22.4. The standard InChI is InChI=1S/C29H31N3O5S/c1-34-25-12-18-9-10-30-29-15-20(16-29)32-28-31-19(17-38-28)6-4-3-5-11-36-24-13-21(37-26(25)14-23(18)29)7-8-22(24)27(33)35-2/h7-8,12-15,17,30H,3-6,9-11,16H2,1-2H3,(H,31,32)/t29-/m1/s1. The Kier molecular flexibility index (Phi) is 6.71. The smallest absolute Gasteiger partial charge is 0.341 e. The number of hydrogen-bond acceptors (Lipinski definition) is 9. The first-order valence-corrected chi connectivity index (χ1v) is 13.9. The average Bonchev–Trinajstić information content (AvgIpc) is 3.36. The summed E-state index contributed by atoms with van der Waals surface area (Å²) in [5.41, 5.74) is 4.81. The first-order chi connectivity index (χ1) is 18.6. The highest BCUT2D eigenvalue weighted by molar-refractivity contribution is 7.13. The summed E-state index contributed by atoms with van der Waals surface area (Å²) in [4.78, 5) is 17.2. The topological polar surface area (TPSA) is 90.9 Å². The Morgan fingerprint density at radius 1 is 1.11 bits per heavy atom. The van der Waals surface area contributed by atoms with Crippen LogP contribution >= 0.6 is 11.3 Å². The lowest BCUT2D eigenvalue weighted by Gasteiger charge is -2.45. The number of esters is 1. The minimum Gasteiger partial charge on any atom is -0.493 e. The van der Waals surface area contributed by atoms with Crippen molar-refractivity contribution in [2.45, 2.75) is 44.1 Å². The highest BCUT2D eigenvalue weighted by atomic mass is 32.1. The maximum Gasteiger partial charge on any atom is 0.341 e. The van der Waals surface area contributed by atoms with Gasteiger partial charge in [0, 0.05) is 30.1 Å². The molecule has 3 aliphatic heterocycles. The maximum atomic E-state index is 12.4. The Hall–Kier alpha value is -3.56. The zero-order valence-electron chi connectivity index (χ0n) is 21.6. The van der Waals surface area contributed by atoms with Gasteiger partial charge >= 0.3 is 5.97 Å². The third kappa shape index (κ3) is 4.72. The Bertz CT molecular complexity index is 1400. The van der Waals surface area contributed by atoms with Crippen LogP contribution in [0, 0.1) is 0 Å². The van der Waals surface area contributed by atoms with Gasteiger partial charge in [-0.05, 0) is 73.6 Å². The number of carbonyl (C=O) groups excluding carboxylic acids is 1. The fourth-order valence-electron chi connectivity index (χ4n) is 5.39. The summed E-state index contributed by atoms with van der Waals surface area (Å²) in [7, 11) is 3.02. The van der Waals surface area contributed by atoms with Crippen LogP contribution in [0.1, 0.15) is 52.9 Å². The van der Waals surface area contributed by atoms with Gasteiger partial charge in [0.05, 0.1) is 32.1 Å². The van der Waals surface area contributed by atoms with Crippen LogP contribution in [0.15, 0.2) is 47.5 Å². The third-order valence-electron chi connectivity index (χ3n) is 7.34. The molecule has 9 heteroatoms. The fraction of sp³-hybridized carbons (Fsp3) is 0.379. The van der Waals surface area contributed by atoms with E-state index in [-0.39, 0.29) is 5.54 Å². The van der Waals surface area contributed by atoms with Crippen LogP contribution in [0.4, 0.5) is 5.13 Å². The van der Waals surface area contributed by atoms with Crippen LogP contribution in [0.5, 0.6) is 23.0 Å². The number of methoxy groups -OCH3 is 2. The number of thiazole rings is 1. The van der Waals surface area contributed by atoms with Crippen molar-refractivity contribution in [2.24, 2.45) is 0 Å². The summed E-state index contributed by atoms with van der Waals surface area (Å²) in [6.07, 6.45) is 7.82. The molecule has 1 atom stereocenters. The number of benzene rings is 2. The van der Waals surface area contributed by atoms with Crippen LogP contribution < -0.4 is 24.8 Å². The van der Waals surface area contributed by atoms with Crippen LogP contribution in [-0.2, 0) is 23.1 Å². The molecular formula is C29H31N3O5S. The average molecular weight is 534 g/mol. The van der Waals surface area contributed by atoms with Gasteiger partial charge in [0.2, 0.25) is 0 Å². The van der Waals surface area contributed by atoms with Gasteiger partial charge in [-0.1, -0.05) is 0 Å². The first kappa shape index (κ1) is 24.8. The molecule has 38 heavy (non-hydrogen) atoms. The van der Waals surface area contributed by atoms with Gasteiger partial charge in [0.1, 0.15) is 17.1 Å². The van der Waals surface area contributed by atoms with E-state index in [9.17, 15) is 4.79 Å². The quantitative estimate of drug-likeness (QED) is 0.413. The predicted octanol–water partition coefficient (Wildman–Crippen LogP) is 5.58. The number of anilines is 1. The summed E-state index contributed by atoms with van der Waals surface area (Å²) in [6, 6.07) is 9.33. The number of nitrogens with zero attached hydrogens (tertiary/aromatic N) is 1. The van der Waals surface area contributed by atoms with E-state index in [2.05, 4.69) is 34.2 Å². The molecule has 0 saturated carbocycles. The van der Waals surface area contributed by atoms with Crippen LogP contribution in [0.2, 0.25) is 0 Å². The van der Waals surface area contributed by atoms with E-state index in [1.54, 1.807) is 36.6 Å². The van der Waals surface area contributed by atoms with Gasteiger partial charge in [-0.2, -0.15) is 0 Å². The van der Waals surface area contributed by atoms with E-state index in [4.69, 9.17) is 23.9 Å².